The van der Waals surface area contributed by atoms with Crippen molar-refractivity contribution in [3.8, 4) is 5.75 Å². The van der Waals surface area contributed by atoms with Gasteiger partial charge in [0, 0.05) is 26.8 Å². The molecule has 1 aromatic rings. The summed E-state index contributed by atoms with van der Waals surface area (Å²) >= 11 is 0. The van der Waals surface area contributed by atoms with Crippen LogP contribution in [0.3, 0.4) is 0 Å². The lowest BCUT2D eigenvalue weighted by Gasteiger charge is -2.16. The molecule has 2 N–H and O–H groups in total. The molecule has 0 bridgehead atoms. The second-order valence-electron chi connectivity index (χ2n) is 4.69. The molecule has 0 atom stereocenters. The van der Waals surface area contributed by atoms with Gasteiger partial charge in [-0.3, -0.25) is 0 Å². The van der Waals surface area contributed by atoms with Gasteiger partial charge in [-0.15, -0.1) is 0 Å². The summed E-state index contributed by atoms with van der Waals surface area (Å²) in [7, 11) is 3.86. The lowest BCUT2D eigenvalue weighted by atomic mass is 10.4. The fraction of sp³-hybridized carbons (Fsp3) is 0.667. The third-order valence-corrected chi connectivity index (χ3v) is 2.67. The highest BCUT2D eigenvalue weighted by molar-refractivity contribution is 5.50. The SMILES string of the molecule is CN(C)c1ncccc1OCCOCCOCCOCCN. The van der Waals surface area contributed by atoms with Gasteiger partial charge in [-0.1, -0.05) is 0 Å². The van der Waals surface area contributed by atoms with E-state index >= 15 is 0 Å². The summed E-state index contributed by atoms with van der Waals surface area (Å²) in [6.45, 7) is 4.29. The van der Waals surface area contributed by atoms with Crippen LogP contribution in [0.2, 0.25) is 0 Å². The summed E-state index contributed by atoms with van der Waals surface area (Å²) in [4.78, 5) is 6.18. The molecule has 0 amide bonds. The zero-order valence-electron chi connectivity index (χ0n) is 13.5. The lowest BCUT2D eigenvalue weighted by Crippen LogP contribution is -2.16. The first-order valence-electron chi connectivity index (χ1n) is 7.44. The van der Waals surface area contributed by atoms with Gasteiger partial charge in [0.1, 0.15) is 6.61 Å². The summed E-state index contributed by atoms with van der Waals surface area (Å²) in [6.07, 6.45) is 1.74. The minimum atomic E-state index is 0.478. The van der Waals surface area contributed by atoms with Gasteiger partial charge in [0.25, 0.3) is 0 Å². The molecule has 1 heterocycles. The van der Waals surface area contributed by atoms with E-state index in [4.69, 9.17) is 24.7 Å². The molecule has 0 saturated heterocycles. The average molecular weight is 313 g/mol. The van der Waals surface area contributed by atoms with Crippen molar-refractivity contribution >= 4 is 5.82 Å². The Kier molecular flexibility index (Phi) is 10.3. The number of anilines is 1. The minimum absolute atomic E-state index is 0.478. The van der Waals surface area contributed by atoms with E-state index in [0.717, 1.165) is 11.6 Å². The summed E-state index contributed by atoms with van der Waals surface area (Å²) in [6, 6.07) is 3.75. The van der Waals surface area contributed by atoms with Gasteiger partial charge >= 0.3 is 0 Å². The predicted molar refractivity (Wildman–Crippen MR) is 85.6 cm³/mol. The minimum Gasteiger partial charge on any atom is -0.487 e. The number of hydrogen-bond donors (Lipinski definition) is 1. The molecule has 0 unspecified atom stereocenters. The van der Waals surface area contributed by atoms with Crippen molar-refractivity contribution in [2.75, 3.05) is 71.8 Å². The van der Waals surface area contributed by atoms with Crippen LogP contribution >= 0.6 is 0 Å². The smallest absolute Gasteiger partial charge is 0.170 e. The summed E-state index contributed by atoms with van der Waals surface area (Å²) in [5.74, 6) is 1.56. The average Bonchev–Trinajstić information content (AvgIpc) is 2.53. The molecular formula is C15H27N3O4. The number of nitrogens with two attached hydrogens (primary N) is 1. The Hall–Kier alpha value is -1.41. The number of ether oxygens (including phenoxy) is 4. The standard InChI is InChI=1S/C15H27N3O4/c1-18(2)15-14(4-3-6-17-15)22-13-12-21-11-10-20-9-8-19-7-5-16/h3-4,6H,5,7-13,16H2,1-2H3. The largest absolute Gasteiger partial charge is 0.487 e. The van der Waals surface area contributed by atoms with Gasteiger partial charge in [-0.05, 0) is 12.1 Å². The van der Waals surface area contributed by atoms with E-state index in [1.54, 1.807) is 6.20 Å². The second kappa shape index (κ2) is 12.2. The highest BCUT2D eigenvalue weighted by Gasteiger charge is 2.05. The van der Waals surface area contributed by atoms with E-state index in [1.165, 1.54) is 0 Å². The maximum Gasteiger partial charge on any atom is 0.170 e. The van der Waals surface area contributed by atoms with Gasteiger partial charge in [0.2, 0.25) is 0 Å². The Morgan fingerprint density at radius 1 is 0.955 bits per heavy atom. The molecule has 1 aromatic heterocycles. The van der Waals surface area contributed by atoms with Crippen LogP contribution in [-0.2, 0) is 14.2 Å². The molecule has 0 aliphatic heterocycles. The first-order chi connectivity index (χ1) is 10.8. The molecule has 0 aromatic carbocycles. The summed E-state index contributed by atoms with van der Waals surface area (Å²) < 4.78 is 21.6. The molecule has 7 heteroatoms. The zero-order valence-corrected chi connectivity index (χ0v) is 13.5. The fourth-order valence-corrected chi connectivity index (χ4v) is 1.67. The molecule has 0 saturated carbocycles. The second-order valence-corrected chi connectivity index (χ2v) is 4.69. The Labute approximate surface area is 132 Å². The molecule has 0 spiro atoms. The van der Waals surface area contributed by atoms with Gasteiger partial charge < -0.3 is 29.6 Å². The van der Waals surface area contributed by atoms with Crippen molar-refractivity contribution in [2.45, 2.75) is 0 Å². The molecule has 22 heavy (non-hydrogen) atoms. The van der Waals surface area contributed by atoms with Crippen molar-refractivity contribution in [2.24, 2.45) is 5.73 Å². The molecule has 0 aliphatic rings. The molecule has 1 rings (SSSR count). The van der Waals surface area contributed by atoms with Crippen molar-refractivity contribution < 1.29 is 18.9 Å². The van der Waals surface area contributed by atoms with E-state index in [0.29, 0.717) is 52.8 Å². The quantitative estimate of drug-likeness (QED) is 0.532. The zero-order chi connectivity index (χ0) is 16.0. The predicted octanol–water partition coefficient (Wildman–Crippen LogP) is 0.535. The fourth-order valence-electron chi connectivity index (χ4n) is 1.67. The third-order valence-electron chi connectivity index (χ3n) is 2.67. The maximum atomic E-state index is 5.67. The van der Waals surface area contributed by atoms with Crippen molar-refractivity contribution in [1.29, 1.82) is 0 Å². The van der Waals surface area contributed by atoms with Crippen LogP contribution in [0.15, 0.2) is 18.3 Å². The Bertz CT molecular complexity index is 391. The number of nitrogens with zero attached hydrogens (tertiary/aromatic N) is 2. The highest BCUT2D eigenvalue weighted by Crippen LogP contribution is 2.22. The topological polar surface area (TPSA) is 79.1 Å². The Balaban J connectivity index is 2.00. The van der Waals surface area contributed by atoms with Gasteiger partial charge in [0.15, 0.2) is 11.6 Å². The molecule has 0 radical (unpaired) electrons. The van der Waals surface area contributed by atoms with E-state index in [2.05, 4.69) is 4.98 Å². The van der Waals surface area contributed by atoms with Gasteiger partial charge in [0.05, 0.1) is 39.6 Å². The molecule has 0 aliphatic carbocycles. The summed E-state index contributed by atoms with van der Waals surface area (Å²) in [5, 5.41) is 0. The maximum absolute atomic E-state index is 5.67. The van der Waals surface area contributed by atoms with Crippen LogP contribution in [0.1, 0.15) is 0 Å². The molecule has 7 nitrogen and oxygen atoms in total. The molecule has 0 fully saturated rings. The number of aromatic nitrogens is 1. The van der Waals surface area contributed by atoms with E-state index in [9.17, 15) is 0 Å². The van der Waals surface area contributed by atoms with Crippen LogP contribution in [0, 0.1) is 0 Å². The normalized spacial score (nSPS) is 10.7. The Morgan fingerprint density at radius 3 is 2.14 bits per heavy atom. The van der Waals surface area contributed by atoms with Crippen LogP contribution in [0.5, 0.6) is 5.75 Å². The van der Waals surface area contributed by atoms with Gasteiger partial charge in [-0.25, -0.2) is 4.98 Å². The van der Waals surface area contributed by atoms with E-state index in [-0.39, 0.29) is 0 Å². The third kappa shape index (κ3) is 8.14. The number of pyridine rings is 1. The lowest BCUT2D eigenvalue weighted by molar-refractivity contribution is 0.0106. The van der Waals surface area contributed by atoms with Crippen molar-refractivity contribution in [1.82, 2.24) is 4.98 Å². The van der Waals surface area contributed by atoms with Crippen LogP contribution in [0.25, 0.3) is 0 Å². The number of hydrogen-bond acceptors (Lipinski definition) is 7. The van der Waals surface area contributed by atoms with Crippen molar-refractivity contribution in [3.05, 3.63) is 18.3 Å². The van der Waals surface area contributed by atoms with Crippen LogP contribution in [-0.4, -0.2) is 71.9 Å². The monoisotopic (exact) mass is 313 g/mol. The Morgan fingerprint density at radius 2 is 1.55 bits per heavy atom. The first-order valence-corrected chi connectivity index (χ1v) is 7.44. The summed E-state index contributed by atoms with van der Waals surface area (Å²) in [5.41, 5.74) is 5.30. The van der Waals surface area contributed by atoms with E-state index in [1.807, 2.05) is 31.1 Å². The van der Waals surface area contributed by atoms with Crippen LogP contribution in [0.4, 0.5) is 5.82 Å². The first kappa shape index (κ1) is 18.6. The van der Waals surface area contributed by atoms with E-state index < -0.39 is 0 Å². The highest BCUT2D eigenvalue weighted by atomic mass is 16.6. The van der Waals surface area contributed by atoms with Crippen molar-refractivity contribution in [3.63, 3.8) is 0 Å². The molecule has 126 valence electrons. The molecular weight excluding hydrogens is 286 g/mol. The van der Waals surface area contributed by atoms with Crippen LogP contribution < -0.4 is 15.4 Å². The van der Waals surface area contributed by atoms with Gasteiger partial charge in [-0.2, -0.15) is 0 Å². The number of rotatable bonds is 13.